The van der Waals surface area contributed by atoms with Crippen LogP contribution in [0.15, 0.2) is 70.6 Å². The third kappa shape index (κ3) is 4.65. The minimum atomic E-state index is -3.90. The van der Waals surface area contributed by atoms with E-state index in [1.54, 1.807) is 25.1 Å². The molecule has 0 fully saturated rings. The molecule has 0 saturated heterocycles. The summed E-state index contributed by atoms with van der Waals surface area (Å²) in [4.78, 5) is 7.93. The Morgan fingerprint density at radius 1 is 0.714 bits per heavy atom. The Balaban J connectivity index is 1.78. The summed E-state index contributed by atoms with van der Waals surface area (Å²) in [6.07, 6.45) is 1.45. The van der Waals surface area contributed by atoms with Gasteiger partial charge in [-0.1, -0.05) is 17.7 Å². The maximum absolute atomic E-state index is 12.4. The van der Waals surface area contributed by atoms with Crippen molar-refractivity contribution in [2.75, 3.05) is 9.44 Å². The SMILES string of the molecule is Cc1ccc(S(=O)(=O)Nc2ccc(S(=O)(=O)Nc3nccc(C)n3)cc2)cc1. The monoisotopic (exact) mass is 418 g/mol. The van der Waals surface area contributed by atoms with Crippen LogP contribution in [0.4, 0.5) is 11.6 Å². The number of anilines is 2. The van der Waals surface area contributed by atoms with E-state index in [4.69, 9.17) is 0 Å². The zero-order chi connectivity index (χ0) is 20.4. The molecule has 28 heavy (non-hydrogen) atoms. The van der Waals surface area contributed by atoms with Crippen molar-refractivity contribution in [1.29, 1.82) is 0 Å². The third-order valence-corrected chi connectivity index (χ3v) is 6.51. The van der Waals surface area contributed by atoms with E-state index in [1.807, 2.05) is 6.92 Å². The van der Waals surface area contributed by atoms with Crippen LogP contribution < -0.4 is 9.44 Å². The lowest BCUT2D eigenvalue weighted by Crippen LogP contribution is -2.16. The molecule has 0 aliphatic carbocycles. The second kappa shape index (κ2) is 7.56. The first-order chi connectivity index (χ1) is 13.2. The largest absolute Gasteiger partial charge is 0.280 e. The highest BCUT2D eigenvalue weighted by atomic mass is 32.2. The second-order valence-electron chi connectivity index (χ2n) is 6.07. The highest BCUT2D eigenvalue weighted by Crippen LogP contribution is 2.20. The van der Waals surface area contributed by atoms with Gasteiger partial charge in [0.25, 0.3) is 20.0 Å². The number of nitrogens with one attached hydrogen (secondary N) is 2. The molecule has 0 unspecified atom stereocenters. The van der Waals surface area contributed by atoms with Crippen LogP contribution in [0.5, 0.6) is 0 Å². The Hall–Kier alpha value is -2.98. The van der Waals surface area contributed by atoms with Crippen LogP contribution in [0, 0.1) is 13.8 Å². The summed E-state index contributed by atoms with van der Waals surface area (Å²) < 4.78 is 54.4. The molecule has 3 rings (SSSR count). The van der Waals surface area contributed by atoms with Crippen molar-refractivity contribution in [3.05, 3.63) is 72.1 Å². The van der Waals surface area contributed by atoms with Gasteiger partial charge in [-0.25, -0.2) is 31.5 Å². The second-order valence-corrected chi connectivity index (χ2v) is 9.43. The standard InChI is InChI=1S/C18H18N4O4S2/c1-13-3-7-16(8-4-13)27(23,24)21-15-5-9-17(10-6-15)28(25,26)22-18-19-12-11-14(2)20-18/h3-12,21H,1-2H3,(H,19,20,22). The molecule has 0 atom stereocenters. The molecule has 2 N–H and O–H groups in total. The highest BCUT2D eigenvalue weighted by Gasteiger charge is 2.17. The van der Waals surface area contributed by atoms with Gasteiger partial charge >= 0.3 is 0 Å². The fourth-order valence-corrected chi connectivity index (χ4v) is 4.32. The van der Waals surface area contributed by atoms with E-state index in [9.17, 15) is 16.8 Å². The summed E-state index contributed by atoms with van der Waals surface area (Å²) in [6, 6.07) is 13.4. The van der Waals surface area contributed by atoms with Crippen molar-refractivity contribution >= 4 is 31.7 Å². The fourth-order valence-electron chi connectivity index (χ4n) is 2.31. The first-order valence-electron chi connectivity index (χ1n) is 8.18. The number of rotatable bonds is 6. The Kier molecular flexibility index (Phi) is 5.34. The lowest BCUT2D eigenvalue weighted by molar-refractivity contribution is 0.599. The summed E-state index contributed by atoms with van der Waals surface area (Å²) in [6.45, 7) is 3.58. The molecule has 0 bridgehead atoms. The maximum atomic E-state index is 12.4. The summed E-state index contributed by atoms with van der Waals surface area (Å²) in [5.41, 5.74) is 1.80. The molecule has 8 nitrogen and oxygen atoms in total. The molecule has 0 aliphatic rings. The zero-order valence-electron chi connectivity index (χ0n) is 15.1. The van der Waals surface area contributed by atoms with E-state index in [0.717, 1.165) is 5.56 Å². The lowest BCUT2D eigenvalue weighted by atomic mass is 10.2. The van der Waals surface area contributed by atoms with Crippen LogP contribution in [0.1, 0.15) is 11.3 Å². The number of benzene rings is 2. The maximum Gasteiger partial charge on any atom is 0.264 e. The number of sulfonamides is 2. The molecule has 0 radical (unpaired) electrons. The number of hydrogen-bond acceptors (Lipinski definition) is 6. The Bertz CT molecular complexity index is 1190. The predicted octanol–water partition coefficient (Wildman–Crippen LogP) is 2.70. The van der Waals surface area contributed by atoms with Gasteiger partial charge in [-0.15, -0.1) is 0 Å². The van der Waals surface area contributed by atoms with Crippen LogP contribution in [0.25, 0.3) is 0 Å². The van der Waals surface area contributed by atoms with Crippen LogP contribution >= 0.6 is 0 Å². The van der Waals surface area contributed by atoms with Crippen molar-refractivity contribution in [3.63, 3.8) is 0 Å². The smallest absolute Gasteiger partial charge is 0.264 e. The van der Waals surface area contributed by atoms with Crippen LogP contribution in [0.2, 0.25) is 0 Å². The molecule has 10 heteroatoms. The molecule has 0 amide bonds. The predicted molar refractivity (Wildman–Crippen MR) is 106 cm³/mol. The van der Waals surface area contributed by atoms with Gasteiger partial charge in [-0.3, -0.25) is 4.72 Å². The van der Waals surface area contributed by atoms with Crippen molar-refractivity contribution in [2.24, 2.45) is 0 Å². The zero-order valence-corrected chi connectivity index (χ0v) is 16.8. The van der Waals surface area contributed by atoms with Crippen LogP contribution in [-0.4, -0.2) is 26.8 Å². The van der Waals surface area contributed by atoms with E-state index in [2.05, 4.69) is 19.4 Å². The summed E-state index contributed by atoms with van der Waals surface area (Å²) in [5.74, 6) is -0.0378. The van der Waals surface area contributed by atoms with Gasteiger partial charge in [0.2, 0.25) is 5.95 Å². The van der Waals surface area contributed by atoms with Gasteiger partial charge in [-0.05, 0) is 56.3 Å². The van der Waals surface area contributed by atoms with Gasteiger partial charge in [-0.2, -0.15) is 0 Å². The minimum absolute atomic E-state index is 0.0378. The molecule has 0 aliphatic heterocycles. The Morgan fingerprint density at radius 3 is 1.82 bits per heavy atom. The van der Waals surface area contributed by atoms with E-state index in [1.165, 1.54) is 42.6 Å². The van der Waals surface area contributed by atoms with Gasteiger partial charge in [0.15, 0.2) is 0 Å². The van der Waals surface area contributed by atoms with Gasteiger partial charge in [0.1, 0.15) is 0 Å². The lowest BCUT2D eigenvalue weighted by Gasteiger charge is -2.10. The number of aryl methyl sites for hydroxylation is 2. The highest BCUT2D eigenvalue weighted by molar-refractivity contribution is 7.93. The van der Waals surface area contributed by atoms with Gasteiger partial charge in [0, 0.05) is 17.6 Å². The van der Waals surface area contributed by atoms with Gasteiger partial charge < -0.3 is 0 Å². The molecular formula is C18H18N4O4S2. The molecule has 3 aromatic rings. The van der Waals surface area contributed by atoms with Crippen molar-refractivity contribution in [1.82, 2.24) is 9.97 Å². The Morgan fingerprint density at radius 2 is 1.25 bits per heavy atom. The number of hydrogen-bond donors (Lipinski definition) is 2. The van der Waals surface area contributed by atoms with Crippen molar-refractivity contribution in [3.8, 4) is 0 Å². The molecule has 2 aromatic carbocycles. The molecule has 1 heterocycles. The molecule has 146 valence electrons. The van der Waals surface area contributed by atoms with E-state index < -0.39 is 20.0 Å². The quantitative estimate of drug-likeness (QED) is 0.635. The molecule has 0 spiro atoms. The van der Waals surface area contributed by atoms with E-state index >= 15 is 0 Å². The normalized spacial score (nSPS) is 11.8. The third-order valence-electron chi connectivity index (χ3n) is 3.77. The van der Waals surface area contributed by atoms with Gasteiger partial charge in [0.05, 0.1) is 9.79 Å². The number of aromatic nitrogens is 2. The first-order valence-corrected chi connectivity index (χ1v) is 11.1. The molecular weight excluding hydrogens is 400 g/mol. The van der Waals surface area contributed by atoms with E-state index in [-0.39, 0.29) is 21.4 Å². The molecule has 1 aromatic heterocycles. The summed E-state index contributed by atoms with van der Waals surface area (Å²) in [5, 5.41) is 0. The Labute approximate surface area is 163 Å². The average Bonchev–Trinajstić information content (AvgIpc) is 2.62. The molecule has 0 saturated carbocycles. The van der Waals surface area contributed by atoms with E-state index in [0.29, 0.717) is 5.69 Å². The van der Waals surface area contributed by atoms with Crippen molar-refractivity contribution in [2.45, 2.75) is 23.6 Å². The fraction of sp³-hybridized carbons (Fsp3) is 0.111. The number of nitrogens with zero attached hydrogens (tertiary/aromatic N) is 2. The van der Waals surface area contributed by atoms with Crippen molar-refractivity contribution < 1.29 is 16.8 Å². The summed E-state index contributed by atoms with van der Waals surface area (Å²) >= 11 is 0. The van der Waals surface area contributed by atoms with Crippen LogP contribution in [-0.2, 0) is 20.0 Å². The van der Waals surface area contributed by atoms with Crippen LogP contribution in [0.3, 0.4) is 0 Å². The topological polar surface area (TPSA) is 118 Å². The first kappa shape index (κ1) is 19.8. The summed E-state index contributed by atoms with van der Waals surface area (Å²) in [7, 11) is -7.67. The average molecular weight is 419 g/mol. The minimum Gasteiger partial charge on any atom is -0.280 e.